The van der Waals surface area contributed by atoms with Crippen LogP contribution in [0.25, 0.3) is 0 Å². The van der Waals surface area contributed by atoms with E-state index in [9.17, 15) is 13.6 Å². The number of piperazine rings is 1. The van der Waals surface area contributed by atoms with Crippen LogP contribution in [0.5, 0.6) is 0 Å². The Morgan fingerprint density at radius 1 is 1.21 bits per heavy atom. The lowest BCUT2D eigenvalue weighted by Gasteiger charge is -2.29. The van der Waals surface area contributed by atoms with Gasteiger partial charge in [-0.25, -0.2) is 8.78 Å². The van der Waals surface area contributed by atoms with E-state index in [-0.39, 0.29) is 5.56 Å². The van der Waals surface area contributed by atoms with Crippen molar-refractivity contribution < 1.29 is 13.6 Å². The highest BCUT2D eigenvalue weighted by molar-refractivity contribution is 6.09. The van der Waals surface area contributed by atoms with Gasteiger partial charge in [0.15, 0.2) is 0 Å². The van der Waals surface area contributed by atoms with Crippen LogP contribution in [-0.2, 0) is 0 Å². The molecule has 0 N–H and O–H groups in total. The standard InChI is InChI=1S/C14H14F2N2O/c1-17-6-8-18(9-7-17)5-4-14(19)12-10-11(15)2-3-13(12)16/h2-3,10H,6-9H2,1H3. The molecule has 0 bridgehead atoms. The predicted molar refractivity (Wildman–Crippen MR) is 67.5 cm³/mol. The lowest BCUT2D eigenvalue weighted by atomic mass is 10.1. The lowest BCUT2D eigenvalue weighted by Crippen LogP contribution is -2.42. The molecule has 0 spiro atoms. The number of Topliss-reactive ketones (excluding diaryl/α,β-unsaturated/α-hetero) is 1. The van der Waals surface area contributed by atoms with Crippen molar-refractivity contribution in [2.45, 2.75) is 0 Å². The summed E-state index contributed by atoms with van der Waals surface area (Å²) in [6.07, 6.45) is 0. The van der Waals surface area contributed by atoms with Crippen molar-refractivity contribution in [2.24, 2.45) is 0 Å². The molecule has 1 fully saturated rings. The highest BCUT2D eigenvalue weighted by atomic mass is 19.1. The van der Waals surface area contributed by atoms with Crippen LogP contribution >= 0.6 is 0 Å². The first-order chi connectivity index (χ1) is 9.06. The fourth-order valence-corrected chi connectivity index (χ4v) is 1.79. The summed E-state index contributed by atoms with van der Waals surface area (Å²) in [7, 11) is 2.01. The van der Waals surface area contributed by atoms with Crippen molar-refractivity contribution >= 4 is 5.78 Å². The van der Waals surface area contributed by atoms with Gasteiger partial charge in [0.2, 0.25) is 5.78 Å². The minimum Gasteiger partial charge on any atom is -0.330 e. The zero-order chi connectivity index (χ0) is 13.8. The first-order valence-corrected chi connectivity index (χ1v) is 6.01. The molecule has 0 amide bonds. The second-order valence-corrected chi connectivity index (χ2v) is 4.48. The van der Waals surface area contributed by atoms with E-state index < -0.39 is 17.4 Å². The molecule has 0 aromatic heterocycles. The van der Waals surface area contributed by atoms with Gasteiger partial charge in [-0.1, -0.05) is 0 Å². The number of ketones is 1. The zero-order valence-corrected chi connectivity index (χ0v) is 10.6. The molecule has 0 aliphatic carbocycles. The Morgan fingerprint density at radius 2 is 1.89 bits per heavy atom. The second-order valence-electron chi connectivity index (χ2n) is 4.48. The smallest absolute Gasteiger partial charge is 0.240 e. The van der Waals surface area contributed by atoms with Gasteiger partial charge < -0.3 is 9.80 Å². The molecule has 3 nitrogen and oxygen atoms in total. The second kappa shape index (κ2) is 5.81. The summed E-state index contributed by atoms with van der Waals surface area (Å²) in [4.78, 5) is 15.7. The molecule has 0 atom stereocenters. The Bertz CT molecular complexity index is 540. The molecule has 1 aliphatic rings. The average Bonchev–Trinajstić information content (AvgIpc) is 2.40. The monoisotopic (exact) mass is 264 g/mol. The van der Waals surface area contributed by atoms with Crippen molar-refractivity contribution in [3.8, 4) is 12.0 Å². The van der Waals surface area contributed by atoms with Gasteiger partial charge in [-0.2, -0.15) is 0 Å². The lowest BCUT2D eigenvalue weighted by molar-refractivity contribution is 0.105. The van der Waals surface area contributed by atoms with Crippen molar-refractivity contribution in [1.29, 1.82) is 0 Å². The van der Waals surface area contributed by atoms with Gasteiger partial charge in [0.25, 0.3) is 0 Å². The predicted octanol–water partition coefficient (Wildman–Crippen LogP) is 1.36. The number of hydrogen-bond acceptors (Lipinski definition) is 3. The van der Waals surface area contributed by atoms with E-state index in [0.717, 1.165) is 44.4 Å². The first-order valence-electron chi connectivity index (χ1n) is 6.01. The Labute approximate surface area is 110 Å². The minimum atomic E-state index is -0.751. The van der Waals surface area contributed by atoms with Gasteiger partial charge in [-0.05, 0) is 25.2 Å². The molecule has 0 unspecified atom stereocenters. The third kappa shape index (κ3) is 3.52. The van der Waals surface area contributed by atoms with Gasteiger partial charge in [-0.15, -0.1) is 0 Å². The number of benzene rings is 1. The van der Waals surface area contributed by atoms with Crippen LogP contribution in [0.2, 0.25) is 0 Å². The summed E-state index contributed by atoms with van der Waals surface area (Å²) in [5.41, 5.74) is -0.318. The molecule has 100 valence electrons. The van der Waals surface area contributed by atoms with Crippen molar-refractivity contribution in [3.63, 3.8) is 0 Å². The van der Waals surface area contributed by atoms with Crippen molar-refractivity contribution in [3.05, 3.63) is 35.4 Å². The molecular weight excluding hydrogens is 250 g/mol. The SMILES string of the molecule is CN1CCN(C#CC(=O)c2cc(F)ccc2F)CC1. The molecule has 0 radical (unpaired) electrons. The molecule has 1 aliphatic heterocycles. The van der Waals surface area contributed by atoms with Crippen LogP contribution < -0.4 is 0 Å². The van der Waals surface area contributed by atoms with Gasteiger partial charge in [0, 0.05) is 38.1 Å². The average molecular weight is 264 g/mol. The number of likely N-dealkylation sites (N-methyl/N-ethyl adjacent to an activating group) is 1. The number of hydrogen-bond donors (Lipinski definition) is 0. The van der Waals surface area contributed by atoms with Crippen molar-refractivity contribution in [1.82, 2.24) is 9.80 Å². The molecule has 5 heteroatoms. The maximum absolute atomic E-state index is 13.4. The third-order valence-corrected chi connectivity index (χ3v) is 3.00. The first kappa shape index (κ1) is 13.5. The minimum absolute atomic E-state index is 0.318. The van der Waals surface area contributed by atoms with Gasteiger partial charge in [0.05, 0.1) is 5.56 Å². The fraction of sp³-hybridized carbons (Fsp3) is 0.357. The molecule has 19 heavy (non-hydrogen) atoms. The summed E-state index contributed by atoms with van der Waals surface area (Å²) in [6, 6.07) is 5.48. The van der Waals surface area contributed by atoms with Crippen LogP contribution in [0.1, 0.15) is 10.4 Å². The molecule has 1 aromatic carbocycles. The van der Waals surface area contributed by atoms with Crippen LogP contribution in [0, 0.1) is 23.6 Å². The molecular formula is C14H14F2N2O. The molecule has 1 aromatic rings. The van der Waals surface area contributed by atoms with Crippen LogP contribution in [0.15, 0.2) is 18.2 Å². The quantitative estimate of drug-likeness (QED) is 0.565. The Hall–Kier alpha value is -1.93. The van der Waals surface area contributed by atoms with Crippen LogP contribution in [0.4, 0.5) is 8.78 Å². The van der Waals surface area contributed by atoms with Gasteiger partial charge >= 0.3 is 0 Å². The summed E-state index contributed by atoms with van der Waals surface area (Å²) >= 11 is 0. The fourth-order valence-electron chi connectivity index (χ4n) is 1.79. The Morgan fingerprint density at radius 3 is 2.58 bits per heavy atom. The van der Waals surface area contributed by atoms with E-state index in [4.69, 9.17) is 0 Å². The van der Waals surface area contributed by atoms with E-state index >= 15 is 0 Å². The number of carbonyl (C=O) groups excluding carboxylic acids is 1. The summed E-state index contributed by atoms with van der Waals surface area (Å²) in [5, 5.41) is 0. The number of nitrogens with zero attached hydrogens (tertiary/aromatic N) is 2. The van der Waals surface area contributed by atoms with Crippen LogP contribution in [-0.4, -0.2) is 48.8 Å². The third-order valence-electron chi connectivity index (χ3n) is 3.00. The summed E-state index contributed by atoms with van der Waals surface area (Å²) in [5.74, 6) is 0.267. The van der Waals surface area contributed by atoms with E-state index in [2.05, 4.69) is 16.9 Å². The van der Waals surface area contributed by atoms with E-state index in [0.29, 0.717) is 0 Å². The number of rotatable bonds is 1. The topological polar surface area (TPSA) is 23.6 Å². The maximum Gasteiger partial charge on any atom is 0.240 e. The zero-order valence-electron chi connectivity index (χ0n) is 10.6. The van der Waals surface area contributed by atoms with E-state index in [1.807, 2.05) is 11.9 Å². The molecule has 1 heterocycles. The number of halogens is 2. The highest BCUT2D eigenvalue weighted by Crippen LogP contribution is 2.10. The Kier molecular flexibility index (Phi) is 4.13. The van der Waals surface area contributed by atoms with Crippen molar-refractivity contribution in [2.75, 3.05) is 33.2 Å². The summed E-state index contributed by atoms with van der Waals surface area (Å²) < 4.78 is 26.3. The normalized spacial score (nSPS) is 15.8. The molecule has 1 saturated heterocycles. The van der Waals surface area contributed by atoms with Crippen LogP contribution in [0.3, 0.4) is 0 Å². The maximum atomic E-state index is 13.4. The summed E-state index contributed by atoms with van der Waals surface area (Å²) in [6.45, 7) is 3.22. The number of carbonyl (C=O) groups is 1. The van der Waals surface area contributed by atoms with Gasteiger partial charge in [0.1, 0.15) is 11.6 Å². The molecule has 0 saturated carbocycles. The Balaban J connectivity index is 2.07. The van der Waals surface area contributed by atoms with Gasteiger partial charge in [-0.3, -0.25) is 4.79 Å². The van der Waals surface area contributed by atoms with E-state index in [1.165, 1.54) is 0 Å². The largest absolute Gasteiger partial charge is 0.330 e. The molecule has 2 rings (SSSR count). The highest BCUT2D eigenvalue weighted by Gasteiger charge is 2.13. The van der Waals surface area contributed by atoms with E-state index in [1.54, 1.807) is 0 Å².